The highest BCUT2D eigenvalue weighted by Gasteiger charge is 1.83. The van der Waals surface area contributed by atoms with Crippen LogP contribution in [0, 0.1) is 11.3 Å². The van der Waals surface area contributed by atoms with Gasteiger partial charge in [0.1, 0.15) is 0 Å². The molecule has 1 nitrogen and oxygen atoms in total. The van der Waals surface area contributed by atoms with Crippen molar-refractivity contribution in [1.29, 1.82) is 5.26 Å². The van der Waals surface area contributed by atoms with Crippen LogP contribution >= 0.6 is 0 Å². The number of nitriles is 1. The Morgan fingerprint density at radius 2 is 1.69 bits per heavy atom. The van der Waals surface area contributed by atoms with Crippen LogP contribution in [0.2, 0.25) is 0 Å². The third kappa shape index (κ3) is 18.3. The first-order valence-electron chi connectivity index (χ1n) is 5.43. The molecule has 0 spiro atoms. The van der Waals surface area contributed by atoms with Gasteiger partial charge in [0, 0.05) is 6.42 Å². The van der Waals surface area contributed by atoms with E-state index in [9.17, 15) is 0 Å². The van der Waals surface area contributed by atoms with Gasteiger partial charge in [-0.1, -0.05) is 39.3 Å². The molecule has 0 rings (SSSR count). The van der Waals surface area contributed by atoms with Crippen molar-refractivity contribution in [2.75, 3.05) is 0 Å². The smallest absolute Gasteiger partial charge is 0.0621 e. The van der Waals surface area contributed by atoms with E-state index in [1.807, 2.05) is 13.8 Å². The van der Waals surface area contributed by atoms with E-state index >= 15 is 0 Å². The van der Waals surface area contributed by atoms with Gasteiger partial charge in [0.15, 0.2) is 0 Å². The van der Waals surface area contributed by atoms with Crippen LogP contribution in [0.15, 0.2) is 12.2 Å². The summed E-state index contributed by atoms with van der Waals surface area (Å²) in [7, 11) is 0. The predicted molar refractivity (Wildman–Crippen MR) is 59.5 cm³/mol. The lowest BCUT2D eigenvalue weighted by atomic mass is 10.2. The predicted octanol–water partition coefficient (Wildman–Crippen LogP) is 4.45. The number of nitrogens with zero attached hydrogens (tertiary/aromatic N) is 1. The minimum Gasteiger partial charge on any atom is -0.198 e. The average molecular weight is 181 g/mol. The molecule has 0 radical (unpaired) electrons. The lowest BCUT2D eigenvalue weighted by Crippen LogP contribution is -1.72. The van der Waals surface area contributed by atoms with Crippen molar-refractivity contribution >= 4 is 0 Å². The lowest BCUT2D eigenvalue weighted by molar-refractivity contribution is 0.765. The fourth-order valence-electron chi connectivity index (χ4n) is 0.869. The average Bonchev–Trinajstić information content (AvgIpc) is 2.20. The molecule has 0 aliphatic heterocycles. The van der Waals surface area contributed by atoms with Crippen LogP contribution < -0.4 is 0 Å². The van der Waals surface area contributed by atoms with Gasteiger partial charge in [-0.3, -0.25) is 0 Å². The lowest BCUT2D eigenvalue weighted by Gasteiger charge is -1.89. The van der Waals surface area contributed by atoms with E-state index in [0.29, 0.717) is 6.42 Å². The van der Waals surface area contributed by atoms with Crippen molar-refractivity contribution in [1.82, 2.24) is 0 Å². The van der Waals surface area contributed by atoms with Gasteiger partial charge in [-0.25, -0.2) is 0 Å². The molecule has 0 saturated heterocycles. The number of allylic oxidation sites excluding steroid dienone is 2. The highest BCUT2D eigenvalue weighted by atomic mass is 14.2. The summed E-state index contributed by atoms with van der Waals surface area (Å²) in [4.78, 5) is 0. The van der Waals surface area contributed by atoms with Crippen LogP contribution in [-0.2, 0) is 0 Å². The summed E-state index contributed by atoms with van der Waals surface area (Å²) in [6, 6.07) is 2.15. The molecule has 0 aromatic heterocycles. The Balaban J connectivity index is 0. The molecule has 0 N–H and O–H groups in total. The molecular formula is C12H23N. The van der Waals surface area contributed by atoms with E-state index in [4.69, 9.17) is 5.26 Å². The molecule has 0 fully saturated rings. The first-order chi connectivity index (χ1) is 6.41. The van der Waals surface area contributed by atoms with Crippen LogP contribution in [0.1, 0.15) is 59.3 Å². The Labute approximate surface area is 83.5 Å². The molecule has 0 bridgehead atoms. The summed E-state index contributed by atoms with van der Waals surface area (Å²) in [6.07, 6.45) is 10.9. The minimum atomic E-state index is 0.710. The van der Waals surface area contributed by atoms with Crippen LogP contribution in [0.25, 0.3) is 0 Å². The Morgan fingerprint density at radius 1 is 1.08 bits per heavy atom. The van der Waals surface area contributed by atoms with Gasteiger partial charge in [-0.2, -0.15) is 5.26 Å². The molecule has 0 aromatic carbocycles. The first-order valence-corrected chi connectivity index (χ1v) is 5.43. The number of hydrogen-bond donors (Lipinski definition) is 0. The number of hydrogen-bond acceptors (Lipinski definition) is 1. The molecule has 1 heteroatoms. The van der Waals surface area contributed by atoms with Crippen molar-refractivity contribution in [3.63, 3.8) is 0 Å². The molecule has 0 saturated carbocycles. The zero-order chi connectivity index (χ0) is 10.4. The Hall–Kier alpha value is -0.770. The molecule has 0 aliphatic carbocycles. The summed E-state index contributed by atoms with van der Waals surface area (Å²) in [5, 5.41) is 8.24. The fraction of sp³-hybridized carbons (Fsp3) is 0.750. The van der Waals surface area contributed by atoms with Gasteiger partial charge >= 0.3 is 0 Å². The van der Waals surface area contributed by atoms with Gasteiger partial charge < -0.3 is 0 Å². The molecule has 13 heavy (non-hydrogen) atoms. The normalized spacial score (nSPS) is 9.08. The maximum Gasteiger partial charge on any atom is 0.0621 e. The fourth-order valence-corrected chi connectivity index (χ4v) is 0.869. The second kappa shape index (κ2) is 17.4. The monoisotopic (exact) mass is 181 g/mol. The largest absolute Gasteiger partial charge is 0.198 e. The SMILES string of the molecule is CC.CCC/C=C/CCCCC#N. The molecule has 0 unspecified atom stereocenters. The number of rotatable bonds is 6. The summed E-state index contributed by atoms with van der Waals surface area (Å²) >= 11 is 0. The zero-order valence-corrected chi connectivity index (χ0v) is 9.34. The topological polar surface area (TPSA) is 23.8 Å². The molecule has 0 amide bonds. The van der Waals surface area contributed by atoms with E-state index in [2.05, 4.69) is 25.1 Å². The maximum atomic E-state index is 8.24. The van der Waals surface area contributed by atoms with Crippen LogP contribution in [0.3, 0.4) is 0 Å². The Morgan fingerprint density at radius 3 is 2.23 bits per heavy atom. The second-order valence-electron chi connectivity index (χ2n) is 2.66. The number of unbranched alkanes of at least 4 members (excludes halogenated alkanes) is 4. The molecule has 0 aliphatic rings. The third-order valence-electron chi connectivity index (χ3n) is 1.53. The van der Waals surface area contributed by atoms with Gasteiger partial charge in [-0.15, -0.1) is 0 Å². The molecule has 0 atom stereocenters. The van der Waals surface area contributed by atoms with E-state index in [1.54, 1.807) is 0 Å². The van der Waals surface area contributed by atoms with Crippen molar-refractivity contribution in [3.05, 3.63) is 12.2 Å². The summed E-state index contributed by atoms with van der Waals surface area (Å²) in [5.74, 6) is 0. The van der Waals surface area contributed by atoms with Crippen molar-refractivity contribution in [2.24, 2.45) is 0 Å². The van der Waals surface area contributed by atoms with Crippen LogP contribution in [0.4, 0.5) is 0 Å². The quantitative estimate of drug-likeness (QED) is 0.438. The summed E-state index contributed by atoms with van der Waals surface area (Å²) in [6.45, 7) is 6.18. The highest BCUT2D eigenvalue weighted by molar-refractivity contribution is 4.81. The second-order valence-corrected chi connectivity index (χ2v) is 2.66. The summed E-state index contributed by atoms with van der Waals surface area (Å²) in [5.41, 5.74) is 0. The minimum absolute atomic E-state index is 0.710. The van der Waals surface area contributed by atoms with Crippen LogP contribution in [0.5, 0.6) is 0 Å². The van der Waals surface area contributed by atoms with E-state index in [0.717, 1.165) is 19.3 Å². The molecule has 76 valence electrons. The van der Waals surface area contributed by atoms with Gasteiger partial charge in [0.2, 0.25) is 0 Å². The van der Waals surface area contributed by atoms with Crippen molar-refractivity contribution in [3.8, 4) is 6.07 Å². The van der Waals surface area contributed by atoms with Gasteiger partial charge in [0.25, 0.3) is 0 Å². The molecular weight excluding hydrogens is 158 g/mol. The summed E-state index contributed by atoms with van der Waals surface area (Å²) < 4.78 is 0. The highest BCUT2D eigenvalue weighted by Crippen LogP contribution is 2.00. The van der Waals surface area contributed by atoms with Gasteiger partial charge in [-0.05, 0) is 25.7 Å². The zero-order valence-electron chi connectivity index (χ0n) is 9.34. The maximum absolute atomic E-state index is 8.24. The standard InChI is InChI=1S/C10H17N.C2H6/c1-2-3-4-5-6-7-8-9-10-11;1-2/h4-5H,2-3,6-9H2,1H3;1-2H3/b5-4+;. The van der Waals surface area contributed by atoms with E-state index in [-0.39, 0.29) is 0 Å². The van der Waals surface area contributed by atoms with Crippen molar-refractivity contribution < 1.29 is 0 Å². The molecule has 0 aromatic rings. The first kappa shape index (κ1) is 14.7. The van der Waals surface area contributed by atoms with E-state index < -0.39 is 0 Å². The Kier molecular flexibility index (Phi) is 19.7. The van der Waals surface area contributed by atoms with Crippen molar-refractivity contribution in [2.45, 2.75) is 59.3 Å². The third-order valence-corrected chi connectivity index (χ3v) is 1.53. The molecule has 0 heterocycles. The Bertz CT molecular complexity index is 131. The van der Waals surface area contributed by atoms with Crippen LogP contribution in [-0.4, -0.2) is 0 Å². The van der Waals surface area contributed by atoms with E-state index in [1.165, 1.54) is 12.8 Å². The van der Waals surface area contributed by atoms with Gasteiger partial charge in [0.05, 0.1) is 6.07 Å².